The van der Waals surface area contributed by atoms with Gasteiger partial charge in [0.05, 0.1) is 29.3 Å². The summed E-state index contributed by atoms with van der Waals surface area (Å²) in [6.45, 7) is 0.731. The van der Waals surface area contributed by atoms with Gasteiger partial charge in [0.25, 0.3) is 0 Å². The predicted molar refractivity (Wildman–Crippen MR) is 110 cm³/mol. The molecule has 3 aromatic heterocycles. The van der Waals surface area contributed by atoms with Crippen molar-refractivity contribution >= 4 is 34.1 Å². The maximum Gasteiger partial charge on any atom is 0.333 e. The molecule has 0 aliphatic carbocycles. The number of hydrogen-bond acceptors (Lipinski definition) is 5. The Morgan fingerprint density at radius 1 is 1.23 bits per heavy atom. The molecule has 8 nitrogen and oxygen atoms in total. The van der Waals surface area contributed by atoms with Gasteiger partial charge < -0.3 is 15.2 Å². The Hall–Kier alpha value is -4.08. The molecule has 0 aliphatic heterocycles. The van der Waals surface area contributed by atoms with Crippen molar-refractivity contribution < 1.29 is 13.6 Å². The van der Waals surface area contributed by atoms with Crippen LogP contribution >= 0.6 is 0 Å². The molecule has 0 radical (unpaired) electrons. The molecule has 0 aliphatic rings. The molecule has 4 aromatic rings. The van der Waals surface area contributed by atoms with Gasteiger partial charge in [0.15, 0.2) is 0 Å². The molecule has 10 heteroatoms. The first-order valence-corrected chi connectivity index (χ1v) is 8.90. The van der Waals surface area contributed by atoms with Gasteiger partial charge in [0.2, 0.25) is 11.9 Å². The number of anilines is 3. The summed E-state index contributed by atoms with van der Waals surface area (Å²) in [7, 11) is 1.89. The Labute approximate surface area is 169 Å². The zero-order chi connectivity index (χ0) is 21.3. The second-order valence-corrected chi connectivity index (χ2v) is 6.46. The third kappa shape index (κ3) is 3.75. The van der Waals surface area contributed by atoms with Gasteiger partial charge in [-0.3, -0.25) is 4.79 Å². The Bertz CT molecular complexity index is 1250. The van der Waals surface area contributed by atoms with E-state index in [0.717, 1.165) is 16.5 Å². The molecule has 1 amide bonds. The highest BCUT2D eigenvalue weighted by atomic mass is 19.3. The fourth-order valence-corrected chi connectivity index (χ4v) is 3.07. The molecule has 0 unspecified atom stereocenters. The van der Waals surface area contributed by atoms with Crippen molar-refractivity contribution in [2.24, 2.45) is 7.05 Å². The van der Waals surface area contributed by atoms with Gasteiger partial charge in [0, 0.05) is 36.1 Å². The zero-order valence-corrected chi connectivity index (χ0v) is 15.9. The van der Waals surface area contributed by atoms with E-state index in [1.165, 1.54) is 18.5 Å². The van der Waals surface area contributed by atoms with Crippen LogP contribution in [-0.4, -0.2) is 30.2 Å². The van der Waals surface area contributed by atoms with Crippen LogP contribution < -0.4 is 10.6 Å². The number of hydrogen-bond donors (Lipinski definition) is 2. The minimum Gasteiger partial charge on any atom is -0.350 e. The molecule has 0 saturated heterocycles. The predicted octanol–water partition coefficient (Wildman–Crippen LogP) is 4.10. The van der Waals surface area contributed by atoms with Gasteiger partial charge in [0.1, 0.15) is 0 Å². The van der Waals surface area contributed by atoms with Crippen LogP contribution in [0.4, 0.5) is 26.1 Å². The monoisotopic (exact) mass is 409 g/mol. The number of carbonyl (C=O) groups excluding carboxylic acids is 1. The quantitative estimate of drug-likeness (QED) is 0.468. The number of halogens is 2. The number of benzene rings is 1. The second-order valence-electron chi connectivity index (χ2n) is 6.46. The topological polar surface area (TPSA) is 89.7 Å². The van der Waals surface area contributed by atoms with Crippen molar-refractivity contribution in [3.63, 3.8) is 0 Å². The molecule has 0 bridgehead atoms. The van der Waals surface area contributed by atoms with Crippen LogP contribution in [0, 0.1) is 0 Å². The second kappa shape index (κ2) is 7.74. The number of nitrogens with zero attached hydrogens (tertiary/aromatic N) is 5. The minimum absolute atomic E-state index is 0.258. The fraction of sp³-hybridized carbons (Fsp3) is 0.100. The summed E-state index contributed by atoms with van der Waals surface area (Å²) in [6, 6.07) is 7.31. The van der Waals surface area contributed by atoms with Crippen LogP contribution in [0.25, 0.3) is 22.2 Å². The highest BCUT2D eigenvalue weighted by Crippen LogP contribution is 2.31. The average molecular weight is 409 g/mol. The first-order chi connectivity index (χ1) is 14.4. The van der Waals surface area contributed by atoms with Crippen molar-refractivity contribution in [3.8, 4) is 11.3 Å². The van der Waals surface area contributed by atoms with Crippen LogP contribution in [0.1, 0.15) is 6.55 Å². The van der Waals surface area contributed by atoms with E-state index in [2.05, 4.69) is 32.3 Å². The number of aromatic nitrogens is 5. The lowest BCUT2D eigenvalue weighted by Crippen LogP contribution is -2.07. The standard InChI is InChI=1S/C20H17F2N7O/c1-3-18(30)25-12-4-5-14-15(11-28(2)17(14)8-12)16-6-7-23-20(27-16)26-13-9-24-29(10-13)19(21)22/h3-11,19H,1H2,2H3,(H,25,30)(H,23,26,27). The molecule has 30 heavy (non-hydrogen) atoms. The molecule has 1 aromatic carbocycles. The Balaban J connectivity index is 1.65. The Morgan fingerprint density at radius 3 is 2.80 bits per heavy atom. The highest BCUT2D eigenvalue weighted by molar-refractivity contribution is 6.02. The number of amides is 1. The summed E-state index contributed by atoms with van der Waals surface area (Å²) in [5.41, 5.74) is 3.43. The van der Waals surface area contributed by atoms with Crippen molar-refractivity contribution in [1.82, 2.24) is 24.3 Å². The Kier molecular flexibility index (Phi) is 4.97. The van der Waals surface area contributed by atoms with E-state index in [9.17, 15) is 13.6 Å². The third-order valence-corrected chi connectivity index (χ3v) is 4.43. The normalized spacial score (nSPS) is 11.1. The van der Waals surface area contributed by atoms with E-state index in [-0.39, 0.29) is 11.9 Å². The molecular weight excluding hydrogens is 392 g/mol. The number of alkyl halides is 2. The summed E-state index contributed by atoms with van der Waals surface area (Å²) >= 11 is 0. The van der Waals surface area contributed by atoms with Crippen LogP contribution in [0.2, 0.25) is 0 Å². The fourth-order valence-electron chi connectivity index (χ4n) is 3.07. The third-order valence-electron chi connectivity index (χ3n) is 4.43. The summed E-state index contributed by atoms with van der Waals surface area (Å²) in [5.74, 6) is -0.0290. The smallest absolute Gasteiger partial charge is 0.333 e. The summed E-state index contributed by atoms with van der Waals surface area (Å²) < 4.78 is 27.8. The molecule has 4 rings (SSSR count). The lowest BCUT2D eigenvalue weighted by molar-refractivity contribution is -0.111. The molecule has 2 N–H and O–H groups in total. The maximum absolute atomic E-state index is 12.7. The van der Waals surface area contributed by atoms with E-state index in [1.54, 1.807) is 18.3 Å². The molecule has 0 saturated carbocycles. The van der Waals surface area contributed by atoms with E-state index in [0.29, 0.717) is 21.8 Å². The molecular formula is C20H17F2N7O. The average Bonchev–Trinajstić information content (AvgIpc) is 3.33. The van der Waals surface area contributed by atoms with Gasteiger partial charge >= 0.3 is 6.55 Å². The molecule has 0 atom stereocenters. The largest absolute Gasteiger partial charge is 0.350 e. The van der Waals surface area contributed by atoms with Crippen LogP contribution in [0.3, 0.4) is 0 Å². The molecule has 0 spiro atoms. The number of carbonyl (C=O) groups is 1. The van der Waals surface area contributed by atoms with E-state index in [1.807, 2.05) is 29.9 Å². The lowest BCUT2D eigenvalue weighted by Gasteiger charge is -2.05. The Morgan fingerprint density at radius 2 is 2.07 bits per heavy atom. The van der Waals surface area contributed by atoms with Crippen LogP contribution in [0.5, 0.6) is 0 Å². The van der Waals surface area contributed by atoms with E-state index in [4.69, 9.17) is 0 Å². The van der Waals surface area contributed by atoms with E-state index >= 15 is 0 Å². The summed E-state index contributed by atoms with van der Waals surface area (Å²) in [4.78, 5) is 20.2. The van der Waals surface area contributed by atoms with Gasteiger partial charge in [-0.2, -0.15) is 13.9 Å². The van der Waals surface area contributed by atoms with Crippen molar-refractivity contribution in [2.75, 3.05) is 10.6 Å². The van der Waals surface area contributed by atoms with Gasteiger partial charge in [-0.15, -0.1) is 0 Å². The van der Waals surface area contributed by atoms with Gasteiger partial charge in [-0.25, -0.2) is 14.6 Å². The van der Waals surface area contributed by atoms with Crippen LogP contribution in [0.15, 0.2) is 61.7 Å². The van der Waals surface area contributed by atoms with Crippen molar-refractivity contribution in [2.45, 2.75) is 6.55 Å². The summed E-state index contributed by atoms with van der Waals surface area (Å²) in [5, 5.41) is 10.1. The first-order valence-electron chi connectivity index (χ1n) is 8.90. The maximum atomic E-state index is 12.7. The molecule has 0 fully saturated rings. The molecule has 3 heterocycles. The van der Waals surface area contributed by atoms with E-state index < -0.39 is 6.55 Å². The lowest BCUT2D eigenvalue weighted by atomic mass is 10.1. The molecule has 152 valence electrons. The minimum atomic E-state index is -2.72. The SMILES string of the molecule is C=CC(=O)Nc1ccc2c(-c3ccnc(Nc4cnn(C(F)F)c4)n3)cn(C)c2c1. The van der Waals surface area contributed by atoms with Crippen molar-refractivity contribution in [1.29, 1.82) is 0 Å². The van der Waals surface area contributed by atoms with Gasteiger partial charge in [-0.1, -0.05) is 12.6 Å². The highest BCUT2D eigenvalue weighted by Gasteiger charge is 2.13. The number of fused-ring (bicyclic) bond motifs is 1. The number of aryl methyl sites for hydroxylation is 1. The first kappa shape index (κ1) is 19.2. The zero-order valence-electron chi connectivity index (χ0n) is 15.9. The van der Waals surface area contributed by atoms with Crippen molar-refractivity contribution in [3.05, 3.63) is 61.7 Å². The van der Waals surface area contributed by atoms with Gasteiger partial charge in [-0.05, 0) is 24.3 Å². The summed E-state index contributed by atoms with van der Waals surface area (Å²) in [6.07, 6.45) is 7.17. The number of nitrogens with one attached hydrogen (secondary N) is 2. The van der Waals surface area contributed by atoms with Crippen LogP contribution in [-0.2, 0) is 11.8 Å². The number of rotatable bonds is 6.